The first-order valence-corrected chi connectivity index (χ1v) is 6.52. The highest BCUT2D eigenvalue weighted by molar-refractivity contribution is 5.92. The Morgan fingerprint density at radius 2 is 1.80 bits per heavy atom. The van der Waals surface area contributed by atoms with Gasteiger partial charge in [0.1, 0.15) is 5.75 Å². The summed E-state index contributed by atoms with van der Waals surface area (Å²) in [6.45, 7) is 7.96. The van der Waals surface area contributed by atoms with Crippen LogP contribution in [0, 0.1) is 19.8 Å². The van der Waals surface area contributed by atoms with Crippen LogP contribution in [0.3, 0.4) is 0 Å². The molecular weight excluding hydrogens is 256 g/mol. The van der Waals surface area contributed by atoms with E-state index in [1.54, 1.807) is 6.07 Å². The predicted molar refractivity (Wildman–Crippen MR) is 76.5 cm³/mol. The summed E-state index contributed by atoms with van der Waals surface area (Å²) < 4.78 is 10.1. The normalized spacial score (nSPS) is 10.8. The summed E-state index contributed by atoms with van der Waals surface area (Å²) >= 11 is 0. The van der Waals surface area contributed by atoms with Crippen LogP contribution >= 0.6 is 0 Å². The number of carbonyl (C=O) groups is 2. The molecule has 0 atom stereocenters. The van der Waals surface area contributed by atoms with Gasteiger partial charge in [-0.3, -0.25) is 0 Å². The number of hydrogen-bond donors (Lipinski definition) is 0. The second-order valence-corrected chi connectivity index (χ2v) is 5.05. The van der Waals surface area contributed by atoms with E-state index in [1.165, 1.54) is 0 Å². The van der Waals surface area contributed by atoms with E-state index in [1.807, 2.05) is 39.8 Å². The minimum Gasteiger partial charge on any atom is -0.462 e. The van der Waals surface area contributed by atoms with Gasteiger partial charge in [-0.25, -0.2) is 9.59 Å². The van der Waals surface area contributed by atoms with Crippen LogP contribution < -0.4 is 4.74 Å². The minimum atomic E-state index is -0.597. The summed E-state index contributed by atoms with van der Waals surface area (Å²) in [4.78, 5) is 22.9. The zero-order valence-corrected chi connectivity index (χ0v) is 12.3. The van der Waals surface area contributed by atoms with Gasteiger partial charge in [-0.05, 0) is 37.0 Å². The fraction of sp³-hybridized carbons (Fsp3) is 0.375. The fourth-order valence-corrected chi connectivity index (χ4v) is 1.39. The molecule has 0 N–H and O–H groups in total. The van der Waals surface area contributed by atoms with Crippen LogP contribution in [0.15, 0.2) is 30.4 Å². The number of benzene rings is 1. The Morgan fingerprint density at radius 3 is 2.45 bits per heavy atom. The zero-order chi connectivity index (χ0) is 15.1. The fourth-order valence-electron chi connectivity index (χ4n) is 1.39. The summed E-state index contributed by atoms with van der Waals surface area (Å²) in [5.41, 5.74) is 1.86. The van der Waals surface area contributed by atoms with Crippen molar-refractivity contribution < 1.29 is 19.1 Å². The van der Waals surface area contributed by atoms with Gasteiger partial charge in [0.15, 0.2) is 0 Å². The molecule has 0 saturated heterocycles. The van der Waals surface area contributed by atoms with Crippen molar-refractivity contribution in [1.29, 1.82) is 0 Å². The Morgan fingerprint density at radius 1 is 1.15 bits per heavy atom. The monoisotopic (exact) mass is 276 g/mol. The number of hydrogen-bond acceptors (Lipinski definition) is 4. The first kappa shape index (κ1) is 16.0. The van der Waals surface area contributed by atoms with Gasteiger partial charge in [0, 0.05) is 12.2 Å². The maximum atomic E-state index is 11.6. The number of carbonyl (C=O) groups excluding carboxylic acids is 2. The lowest BCUT2D eigenvalue weighted by atomic mass is 10.1. The summed E-state index contributed by atoms with van der Waals surface area (Å²) in [6, 6.07) is 5.59. The Labute approximate surface area is 119 Å². The predicted octanol–water partition coefficient (Wildman–Crippen LogP) is 2.96. The first-order chi connectivity index (χ1) is 9.38. The molecule has 1 aromatic rings. The largest absolute Gasteiger partial charge is 0.462 e. The van der Waals surface area contributed by atoms with E-state index in [0.29, 0.717) is 12.4 Å². The average molecular weight is 276 g/mol. The van der Waals surface area contributed by atoms with Crippen molar-refractivity contribution in [2.24, 2.45) is 5.92 Å². The first-order valence-electron chi connectivity index (χ1n) is 6.52. The third-order valence-corrected chi connectivity index (χ3v) is 2.47. The molecule has 0 aliphatic rings. The van der Waals surface area contributed by atoms with Crippen LogP contribution in [0.4, 0.5) is 0 Å². The zero-order valence-electron chi connectivity index (χ0n) is 12.3. The van der Waals surface area contributed by atoms with Crippen LogP contribution in [-0.2, 0) is 14.3 Å². The molecular formula is C16H20O4. The van der Waals surface area contributed by atoms with E-state index < -0.39 is 11.9 Å². The van der Waals surface area contributed by atoms with Crippen LogP contribution in [0.2, 0.25) is 0 Å². The molecule has 0 bridgehead atoms. The van der Waals surface area contributed by atoms with Crippen molar-refractivity contribution in [2.75, 3.05) is 6.61 Å². The summed E-state index contributed by atoms with van der Waals surface area (Å²) in [7, 11) is 0. The Hall–Kier alpha value is -2.10. The molecule has 108 valence electrons. The van der Waals surface area contributed by atoms with Gasteiger partial charge in [-0.15, -0.1) is 0 Å². The van der Waals surface area contributed by atoms with Gasteiger partial charge in [-0.2, -0.15) is 0 Å². The van der Waals surface area contributed by atoms with Crippen LogP contribution in [0.5, 0.6) is 5.75 Å². The molecule has 0 amide bonds. The van der Waals surface area contributed by atoms with Crippen molar-refractivity contribution in [3.63, 3.8) is 0 Å². The molecule has 0 saturated carbocycles. The third-order valence-electron chi connectivity index (χ3n) is 2.47. The van der Waals surface area contributed by atoms with Crippen molar-refractivity contribution in [1.82, 2.24) is 0 Å². The standard InChI is InChI=1S/C16H20O4/c1-11(2)10-19-15(17)7-8-16(18)20-14-9-12(3)5-6-13(14)4/h5-9,11H,10H2,1-4H3/b8-7+. The quantitative estimate of drug-likeness (QED) is 0.471. The lowest BCUT2D eigenvalue weighted by Crippen LogP contribution is -2.09. The van der Waals surface area contributed by atoms with Crippen LogP contribution in [0.1, 0.15) is 25.0 Å². The highest BCUT2D eigenvalue weighted by atomic mass is 16.5. The summed E-state index contributed by atoms with van der Waals surface area (Å²) in [6.07, 6.45) is 2.15. The molecule has 0 aliphatic heterocycles. The lowest BCUT2D eigenvalue weighted by molar-refractivity contribution is -0.139. The summed E-state index contributed by atoms with van der Waals surface area (Å²) in [5, 5.41) is 0. The number of ether oxygens (including phenoxy) is 2. The van der Waals surface area contributed by atoms with E-state index in [-0.39, 0.29) is 5.92 Å². The molecule has 0 aromatic heterocycles. The highest BCUT2D eigenvalue weighted by Gasteiger charge is 2.06. The molecule has 20 heavy (non-hydrogen) atoms. The minimum absolute atomic E-state index is 0.259. The van der Waals surface area contributed by atoms with Crippen LogP contribution in [-0.4, -0.2) is 18.5 Å². The SMILES string of the molecule is Cc1ccc(C)c(OC(=O)/C=C/C(=O)OCC(C)C)c1. The van der Waals surface area contributed by atoms with E-state index in [9.17, 15) is 9.59 Å². The van der Waals surface area contributed by atoms with Gasteiger partial charge in [-0.1, -0.05) is 26.0 Å². The van der Waals surface area contributed by atoms with Gasteiger partial charge in [0.2, 0.25) is 0 Å². The molecule has 0 unspecified atom stereocenters. The van der Waals surface area contributed by atoms with Gasteiger partial charge in [0.05, 0.1) is 6.61 Å². The molecule has 0 fully saturated rings. The molecule has 0 spiro atoms. The van der Waals surface area contributed by atoms with Crippen molar-refractivity contribution >= 4 is 11.9 Å². The summed E-state index contributed by atoms with van der Waals surface area (Å²) in [5.74, 6) is -0.388. The van der Waals surface area contributed by atoms with Gasteiger partial charge < -0.3 is 9.47 Å². The molecule has 1 aromatic carbocycles. The Balaban J connectivity index is 2.55. The molecule has 4 nitrogen and oxygen atoms in total. The van der Waals surface area contributed by atoms with Crippen molar-refractivity contribution in [3.8, 4) is 5.75 Å². The van der Waals surface area contributed by atoms with E-state index >= 15 is 0 Å². The van der Waals surface area contributed by atoms with Gasteiger partial charge in [0.25, 0.3) is 0 Å². The van der Waals surface area contributed by atoms with E-state index in [4.69, 9.17) is 9.47 Å². The maximum absolute atomic E-state index is 11.6. The number of rotatable bonds is 5. The molecule has 4 heteroatoms. The number of esters is 2. The smallest absolute Gasteiger partial charge is 0.336 e. The molecule has 0 aliphatic carbocycles. The second-order valence-electron chi connectivity index (χ2n) is 5.05. The van der Waals surface area contributed by atoms with Crippen molar-refractivity contribution in [2.45, 2.75) is 27.7 Å². The van der Waals surface area contributed by atoms with E-state index in [0.717, 1.165) is 23.3 Å². The van der Waals surface area contributed by atoms with Crippen molar-refractivity contribution in [3.05, 3.63) is 41.5 Å². The number of aryl methyl sites for hydroxylation is 2. The molecule has 1 rings (SSSR count). The third kappa shape index (κ3) is 5.69. The van der Waals surface area contributed by atoms with E-state index in [2.05, 4.69) is 0 Å². The maximum Gasteiger partial charge on any atom is 0.336 e. The lowest BCUT2D eigenvalue weighted by Gasteiger charge is -2.06. The average Bonchev–Trinajstić information content (AvgIpc) is 2.38. The highest BCUT2D eigenvalue weighted by Crippen LogP contribution is 2.19. The Kier molecular flexibility index (Phi) is 5.97. The second kappa shape index (κ2) is 7.48. The molecule has 0 radical (unpaired) electrons. The molecule has 0 heterocycles. The topological polar surface area (TPSA) is 52.6 Å². The van der Waals surface area contributed by atoms with Gasteiger partial charge >= 0.3 is 11.9 Å². The van der Waals surface area contributed by atoms with Crippen LogP contribution in [0.25, 0.3) is 0 Å². The Bertz CT molecular complexity index is 515.